The van der Waals surface area contributed by atoms with Gasteiger partial charge in [0.15, 0.2) is 28.5 Å². The van der Waals surface area contributed by atoms with Crippen molar-refractivity contribution in [3.8, 4) is 5.69 Å². The molecule has 1 fully saturated rings. The number of anilines is 2. The average molecular weight is 659 g/mol. The maximum absolute atomic E-state index is 13.0. The second kappa shape index (κ2) is 12.7. The minimum absolute atomic E-state index is 0.354. The van der Waals surface area contributed by atoms with Crippen LogP contribution in [0.1, 0.15) is 32.4 Å². The van der Waals surface area contributed by atoms with E-state index in [0.717, 1.165) is 11.4 Å². The lowest BCUT2D eigenvalue weighted by molar-refractivity contribution is -0.743. The summed E-state index contributed by atoms with van der Waals surface area (Å²) in [5, 5.41) is 0.495. The summed E-state index contributed by atoms with van der Waals surface area (Å²) in [6, 6.07) is 29.3. The zero-order valence-electron chi connectivity index (χ0n) is 25.3. The van der Waals surface area contributed by atoms with Gasteiger partial charge in [-0.2, -0.15) is 4.57 Å². The average Bonchev–Trinajstić information content (AvgIpc) is 3.52. The highest BCUT2D eigenvalue weighted by atomic mass is 32.1. The standard InChI is InChI=1S/C34H31N3O7S2/c1-21(38)41-20-27(42-22(2)39)34(24-13-7-4-8-14-24)31(43-23(3)40)30-32(44-34)36(26-17-11-6-12-18-26)33-35(25-15-9-5-10-16-25)28(45)19-29(46)37(30)33/h4-19,27,30-32H,20H2,1-3H3/p+1/t27-,30-,31-,32+,34-/m1/s1. The Morgan fingerprint density at radius 1 is 0.891 bits per heavy atom. The molecule has 5 atom stereocenters. The van der Waals surface area contributed by atoms with Crippen molar-refractivity contribution in [3.05, 3.63) is 107 Å². The number of para-hydroxylation sites is 2. The fraction of sp³-hybridized carbons (Fsp3) is 0.265. The van der Waals surface area contributed by atoms with Gasteiger partial charge in [0.25, 0.3) is 0 Å². The predicted octanol–water partition coefficient (Wildman–Crippen LogP) is 5.15. The van der Waals surface area contributed by atoms with Crippen LogP contribution in [0.2, 0.25) is 0 Å². The second-order valence-corrected chi connectivity index (χ2v) is 11.9. The number of nitrogens with zero attached hydrogens (tertiary/aromatic N) is 3. The van der Waals surface area contributed by atoms with Crippen LogP contribution in [0.4, 0.5) is 11.6 Å². The van der Waals surface area contributed by atoms with E-state index in [1.807, 2.05) is 92.9 Å². The molecule has 10 nitrogen and oxygen atoms in total. The van der Waals surface area contributed by atoms with E-state index in [9.17, 15) is 14.4 Å². The van der Waals surface area contributed by atoms with Crippen molar-refractivity contribution in [2.24, 2.45) is 0 Å². The van der Waals surface area contributed by atoms with Gasteiger partial charge in [0, 0.05) is 26.8 Å². The summed E-state index contributed by atoms with van der Waals surface area (Å²) in [5.41, 5.74) is 0.486. The second-order valence-electron chi connectivity index (χ2n) is 11.0. The molecule has 3 heterocycles. The van der Waals surface area contributed by atoms with Gasteiger partial charge in [0.2, 0.25) is 6.23 Å². The molecule has 46 heavy (non-hydrogen) atoms. The van der Waals surface area contributed by atoms with Crippen molar-refractivity contribution >= 4 is 54.4 Å². The third-order valence-corrected chi connectivity index (χ3v) is 8.68. The molecule has 0 bridgehead atoms. The molecule has 0 unspecified atom stereocenters. The van der Waals surface area contributed by atoms with Gasteiger partial charge in [-0.05, 0) is 42.0 Å². The van der Waals surface area contributed by atoms with Gasteiger partial charge in [-0.3, -0.25) is 14.4 Å². The molecule has 0 amide bonds. The Kier molecular flexibility index (Phi) is 8.69. The lowest BCUT2D eigenvalue weighted by atomic mass is 9.81. The molecule has 0 spiro atoms. The van der Waals surface area contributed by atoms with Crippen LogP contribution in [0.25, 0.3) is 5.69 Å². The summed E-state index contributed by atoms with van der Waals surface area (Å²) in [7, 11) is 0. The Balaban J connectivity index is 1.68. The number of esters is 3. The first-order valence-corrected chi connectivity index (χ1v) is 15.5. The maximum atomic E-state index is 13.0. The molecule has 0 aliphatic carbocycles. The maximum Gasteiger partial charge on any atom is 0.374 e. The first kappa shape index (κ1) is 31.5. The molecule has 6 rings (SSSR count). The van der Waals surface area contributed by atoms with Crippen molar-refractivity contribution in [3.63, 3.8) is 0 Å². The van der Waals surface area contributed by atoms with E-state index in [-0.39, 0.29) is 6.61 Å². The number of ether oxygens (including phenoxy) is 4. The van der Waals surface area contributed by atoms with Crippen LogP contribution >= 0.6 is 24.8 Å². The quantitative estimate of drug-likeness (QED) is 0.0688. The molecule has 0 N–H and O–H groups in total. The summed E-state index contributed by atoms with van der Waals surface area (Å²) < 4.78 is 29.1. The first-order valence-electron chi connectivity index (χ1n) is 14.6. The Morgan fingerprint density at radius 3 is 2.04 bits per heavy atom. The summed E-state index contributed by atoms with van der Waals surface area (Å²) in [6.07, 6.45) is -3.17. The molecular weight excluding hydrogens is 627 g/mol. The normalized spacial score (nSPS) is 22.0. The zero-order valence-corrected chi connectivity index (χ0v) is 27.0. The van der Waals surface area contributed by atoms with E-state index in [2.05, 4.69) is 0 Å². The number of hydrogen-bond donors (Lipinski definition) is 1. The van der Waals surface area contributed by atoms with Crippen LogP contribution in [0, 0.1) is 4.64 Å². The fourth-order valence-corrected chi connectivity index (χ4v) is 7.14. The van der Waals surface area contributed by atoms with Gasteiger partial charge >= 0.3 is 23.9 Å². The van der Waals surface area contributed by atoms with Crippen molar-refractivity contribution in [2.75, 3.05) is 11.5 Å². The fourth-order valence-electron chi connectivity index (χ4n) is 6.41. The highest BCUT2D eigenvalue weighted by molar-refractivity contribution is 7.80. The third-order valence-electron chi connectivity index (χ3n) is 8.04. The van der Waals surface area contributed by atoms with Gasteiger partial charge in [-0.25, -0.2) is 9.47 Å². The van der Waals surface area contributed by atoms with E-state index >= 15 is 0 Å². The summed E-state index contributed by atoms with van der Waals surface area (Å²) in [4.78, 5) is 39.6. The summed E-state index contributed by atoms with van der Waals surface area (Å²) >= 11 is 10.8. The van der Waals surface area contributed by atoms with E-state index < -0.39 is 48.0 Å². The topological polar surface area (TPSA) is 100 Å². The SMILES string of the molecule is CC(=O)OC[C@@H](OC(C)=O)[C@@]1(c2ccccc2)O[C@H]2[C@@H]([C@H]1OC(C)=O)[n+]1c(S)cc(=S)n(-c3ccccc3)c1N2c1ccccc1. The number of carbonyl (C=O) groups is 3. The predicted molar refractivity (Wildman–Crippen MR) is 172 cm³/mol. The molecule has 2 aliphatic rings. The Hall–Kier alpha value is -4.52. The summed E-state index contributed by atoms with van der Waals surface area (Å²) in [6.45, 7) is 3.48. The molecular formula is C34H32N3O7S2+. The number of rotatable bonds is 8. The Bertz CT molecular complexity index is 1840. The van der Waals surface area contributed by atoms with Crippen LogP contribution in [-0.4, -0.2) is 47.5 Å². The van der Waals surface area contributed by atoms with Gasteiger partial charge < -0.3 is 18.9 Å². The van der Waals surface area contributed by atoms with Crippen LogP contribution in [0.3, 0.4) is 0 Å². The summed E-state index contributed by atoms with van der Waals surface area (Å²) in [5.74, 6) is -1.17. The van der Waals surface area contributed by atoms with Crippen molar-refractivity contribution in [2.45, 2.75) is 55.9 Å². The zero-order chi connectivity index (χ0) is 32.6. The number of aromatic nitrogens is 2. The molecule has 4 aromatic rings. The number of benzene rings is 3. The lowest BCUT2D eigenvalue weighted by Gasteiger charge is -2.40. The van der Waals surface area contributed by atoms with Crippen molar-refractivity contribution < 1.29 is 37.9 Å². The van der Waals surface area contributed by atoms with E-state index in [4.69, 9.17) is 43.8 Å². The number of hydrogen-bond acceptors (Lipinski definition) is 10. The molecule has 0 saturated carbocycles. The van der Waals surface area contributed by atoms with E-state index in [1.165, 1.54) is 20.8 Å². The molecule has 12 heteroatoms. The Morgan fingerprint density at radius 2 is 1.48 bits per heavy atom. The van der Waals surface area contributed by atoms with Crippen LogP contribution in [0.15, 0.2) is 102 Å². The van der Waals surface area contributed by atoms with Gasteiger partial charge in [-0.1, -0.05) is 66.7 Å². The highest BCUT2D eigenvalue weighted by Gasteiger charge is 2.71. The van der Waals surface area contributed by atoms with Gasteiger partial charge in [0.05, 0.1) is 0 Å². The number of fused-ring (bicyclic) bond motifs is 3. The van der Waals surface area contributed by atoms with E-state index in [0.29, 0.717) is 21.2 Å². The largest absolute Gasteiger partial charge is 0.462 e. The molecule has 236 valence electrons. The smallest absolute Gasteiger partial charge is 0.374 e. The molecule has 0 radical (unpaired) electrons. The minimum atomic E-state index is -1.63. The lowest BCUT2D eigenvalue weighted by Crippen LogP contribution is -2.57. The van der Waals surface area contributed by atoms with Gasteiger partial charge in [-0.15, -0.1) is 12.6 Å². The molecule has 2 aliphatic heterocycles. The first-order chi connectivity index (χ1) is 22.1. The molecule has 1 saturated heterocycles. The van der Waals surface area contributed by atoms with Crippen LogP contribution < -0.4 is 9.47 Å². The van der Waals surface area contributed by atoms with Gasteiger partial charge in [0.1, 0.15) is 23.0 Å². The third kappa shape index (κ3) is 5.46. The number of thiol groups is 1. The minimum Gasteiger partial charge on any atom is -0.462 e. The number of carbonyl (C=O) groups excluding carboxylic acids is 3. The van der Waals surface area contributed by atoms with Crippen molar-refractivity contribution in [1.82, 2.24) is 4.57 Å². The molecule has 1 aromatic heterocycles. The Labute approximate surface area is 276 Å². The van der Waals surface area contributed by atoms with E-state index in [1.54, 1.807) is 18.2 Å². The van der Waals surface area contributed by atoms with Crippen LogP contribution in [-0.2, 0) is 38.9 Å². The van der Waals surface area contributed by atoms with Crippen LogP contribution in [0.5, 0.6) is 0 Å². The molecule has 3 aromatic carbocycles. The highest BCUT2D eigenvalue weighted by Crippen LogP contribution is 2.54. The monoisotopic (exact) mass is 658 g/mol. The van der Waals surface area contributed by atoms with Crippen molar-refractivity contribution in [1.29, 1.82) is 0 Å².